The van der Waals surface area contributed by atoms with Crippen LogP contribution >= 0.6 is 0 Å². The summed E-state index contributed by atoms with van der Waals surface area (Å²) in [6, 6.07) is 7.05. The molecule has 0 heterocycles. The van der Waals surface area contributed by atoms with E-state index in [2.05, 4.69) is 18.1 Å². The highest BCUT2D eigenvalue weighted by Gasteiger charge is 2.12. The van der Waals surface area contributed by atoms with E-state index in [0.717, 1.165) is 19.6 Å². The summed E-state index contributed by atoms with van der Waals surface area (Å²) in [5.41, 5.74) is 0.439. The Labute approximate surface area is 120 Å². The Bertz CT molecular complexity index is 447. The van der Waals surface area contributed by atoms with Crippen LogP contribution in [0.15, 0.2) is 49.6 Å². The van der Waals surface area contributed by atoms with Gasteiger partial charge in [-0.05, 0) is 12.1 Å². The molecule has 0 saturated carbocycles. The number of nitrogens with zero attached hydrogens (tertiary/aromatic N) is 1. The summed E-state index contributed by atoms with van der Waals surface area (Å²) in [7, 11) is 1.36. The lowest BCUT2D eigenvalue weighted by atomic mass is 10.2. The third-order valence-corrected chi connectivity index (χ3v) is 2.73. The molecule has 0 spiro atoms. The molecule has 4 heteroatoms. The third-order valence-electron chi connectivity index (χ3n) is 2.73. The molecule has 1 aromatic rings. The smallest absolute Gasteiger partial charge is 0.341 e. The number of rotatable bonds is 9. The molecule has 20 heavy (non-hydrogen) atoms. The van der Waals surface area contributed by atoms with Gasteiger partial charge in [-0.2, -0.15) is 0 Å². The molecule has 0 bridgehead atoms. The van der Waals surface area contributed by atoms with Crippen LogP contribution in [0.1, 0.15) is 10.4 Å². The van der Waals surface area contributed by atoms with E-state index in [-0.39, 0.29) is 0 Å². The first-order valence-electron chi connectivity index (χ1n) is 6.47. The molecule has 0 aliphatic heterocycles. The van der Waals surface area contributed by atoms with E-state index in [1.807, 2.05) is 18.2 Å². The van der Waals surface area contributed by atoms with Crippen LogP contribution in [0.2, 0.25) is 0 Å². The second-order valence-corrected chi connectivity index (χ2v) is 4.17. The molecule has 0 fully saturated rings. The zero-order chi connectivity index (χ0) is 14.8. The first kappa shape index (κ1) is 16.0. The molecule has 1 aromatic carbocycles. The molecule has 0 atom stereocenters. The van der Waals surface area contributed by atoms with E-state index in [1.54, 1.807) is 18.2 Å². The van der Waals surface area contributed by atoms with Crippen molar-refractivity contribution in [2.75, 3.05) is 33.4 Å². The second kappa shape index (κ2) is 8.93. The monoisotopic (exact) mass is 275 g/mol. The van der Waals surface area contributed by atoms with Crippen molar-refractivity contribution in [3.8, 4) is 5.75 Å². The van der Waals surface area contributed by atoms with Gasteiger partial charge in [0, 0.05) is 19.6 Å². The standard InChI is InChI=1S/C16H21NO3/c1-4-10-17(11-5-2)12-13-20-15-9-7-6-8-14(15)16(18)19-3/h4-9H,1-2,10-13H2,3H3. The van der Waals surface area contributed by atoms with Crippen LogP contribution in [0.4, 0.5) is 0 Å². The summed E-state index contributed by atoms with van der Waals surface area (Å²) in [6.07, 6.45) is 3.68. The molecule has 0 amide bonds. The normalized spacial score (nSPS) is 10.1. The average molecular weight is 275 g/mol. The van der Waals surface area contributed by atoms with Crippen LogP contribution in [0.5, 0.6) is 5.75 Å². The fraction of sp³-hybridized carbons (Fsp3) is 0.312. The lowest BCUT2D eigenvalue weighted by Crippen LogP contribution is -2.29. The van der Waals surface area contributed by atoms with Gasteiger partial charge in [-0.25, -0.2) is 4.79 Å². The van der Waals surface area contributed by atoms with Crippen LogP contribution in [0, 0.1) is 0 Å². The molecular weight excluding hydrogens is 254 g/mol. The zero-order valence-electron chi connectivity index (χ0n) is 11.9. The molecule has 0 N–H and O–H groups in total. The summed E-state index contributed by atoms with van der Waals surface area (Å²) in [6.45, 7) is 10.2. The number of ether oxygens (including phenoxy) is 2. The van der Waals surface area contributed by atoms with Crippen LogP contribution in [0.25, 0.3) is 0 Å². The number of carbonyl (C=O) groups excluding carboxylic acids is 1. The van der Waals surface area contributed by atoms with Crippen molar-refractivity contribution in [2.45, 2.75) is 0 Å². The zero-order valence-corrected chi connectivity index (χ0v) is 11.9. The first-order chi connectivity index (χ1) is 9.72. The Balaban J connectivity index is 2.58. The SMILES string of the molecule is C=CCN(CC=C)CCOc1ccccc1C(=O)OC. The van der Waals surface area contributed by atoms with Crippen molar-refractivity contribution in [1.29, 1.82) is 0 Å². The highest BCUT2D eigenvalue weighted by Crippen LogP contribution is 2.18. The lowest BCUT2D eigenvalue weighted by Gasteiger charge is -2.19. The lowest BCUT2D eigenvalue weighted by molar-refractivity contribution is 0.0595. The van der Waals surface area contributed by atoms with Crippen molar-refractivity contribution in [1.82, 2.24) is 4.90 Å². The van der Waals surface area contributed by atoms with E-state index in [1.165, 1.54) is 7.11 Å². The quantitative estimate of drug-likeness (QED) is 0.513. The predicted molar refractivity (Wildman–Crippen MR) is 80.1 cm³/mol. The number of methoxy groups -OCH3 is 1. The summed E-state index contributed by atoms with van der Waals surface area (Å²) < 4.78 is 10.4. The molecule has 0 unspecified atom stereocenters. The van der Waals surface area contributed by atoms with Gasteiger partial charge in [-0.15, -0.1) is 13.2 Å². The van der Waals surface area contributed by atoms with Crippen LogP contribution < -0.4 is 4.74 Å². The largest absolute Gasteiger partial charge is 0.491 e. The molecule has 0 radical (unpaired) electrons. The number of hydrogen-bond acceptors (Lipinski definition) is 4. The second-order valence-electron chi connectivity index (χ2n) is 4.17. The highest BCUT2D eigenvalue weighted by molar-refractivity contribution is 5.92. The first-order valence-corrected chi connectivity index (χ1v) is 6.47. The van der Waals surface area contributed by atoms with Crippen molar-refractivity contribution in [3.05, 3.63) is 55.1 Å². The summed E-state index contributed by atoms with van der Waals surface area (Å²) in [4.78, 5) is 13.7. The van der Waals surface area contributed by atoms with E-state index in [4.69, 9.17) is 9.47 Å². The Morgan fingerprint density at radius 2 is 1.90 bits per heavy atom. The molecule has 1 rings (SSSR count). The van der Waals surface area contributed by atoms with Gasteiger partial charge >= 0.3 is 5.97 Å². The van der Waals surface area contributed by atoms with E-state index in [9.17, 15) is 4.79 Å². The molecule has 108 valence electrons. The van der Waals surface area contributed by atoms with Crippen LogP contribution in [-0.2, 0) is 4.74 Å². The molecule has 0 aliphatic carbocycles. The Kier molecular flexibility index (Phi) is 7.14. The fourth-order valence-corrected chi connectivity index (χ4v) is 1.78. The summed E-state index contributed by atoms with van der Waals surface area (Å²) >= 11 is 0. The van der Waals surface area contributed by atoms with Crippen molar-refractivity contribution in [2.24, 2.45) is 0 Å². The van der Waals surface area contributed by atoms with Gasteiger partial charge in [-0.3, -0.25) is 4.90 Å². The number of hydrogen-bond donors (Lipinski definition) is 0. The number of benzene rings is 1. The van der Waals surface area contributed by atoms with Gasteiger partial charge in [0.2, 0.25) is 0 Å². The number of para-hydroxylation sites is 1. The maximum Gasteiger partial charge on any atom is 0.341 e. The summed E-state index contributed by atoms with van der Waals surface area (Å²) in [5, 5.41) is 0. The third kappa shape index (κ3) is 4.90. The maximum absolute atomic E-state index is 11.6. The van der Waals surface area contributed by atoms with E-state index in [0.29, 0.717) is 17.9 Å². The van der Waals surface area contributed by atoms with Crippen molar-refractivity contribution in [3.63, 3.8) is 0 Å². The van der Waals surface area contributed by atoms with E-state index < -0.39 is 5.97 Å². The van der Waals surface area contributed by atoms with Crippen LogP contribution in [-0.4, -0.2) is 44.2 Å². The minimum atomic E-state index is -0.394. The van der Waals surface area contributed by atoms with Gasteiger partial charge in [0.1, 0.15) is 17.9 Å². The topological polar surface area (TPSA) is 38.8 Å². The minimum Gasteiger partial charge on any atom is -0.491 e. The summed E-state index contributed by atoms with van der Waals surface area (Å²) in [5.74, 6) is 0.145. The maximum atomic E-state index is 11.6. The minimum absolute atomic E-state index is 0.394. The van der Waals surface area contributed by atoms with Gasteiger partial charge in [0.15, 0.2) is 0 Å². The van der Waals surface area contributed by atoms with Gasteiger partial charge in [-0.1, -0.05) is 24.3 Å². The molecule has 0 aliphatic rings. The van der Waals surface area contributed by atoms with Gasteiger partial charge in [0.25, 0.3) is 0 Å². The van der Waals surface area contributed by atoms with Gasteiger partial charge in [0.05, 0.1) is 7.11 Å². The highest BCUT2D eigenvalue weighted by atomic mass is 16.5. The Morgan fingerprint density at radius 3 is 2.50 bits per heavy atom. The van der Waals surface area contributed by atoms with Crippen LogP contribution in [0.3, 0.4) is 0 Å². The Hall–Kier alpha value is -2.07. The molecule has 4 nitrogen and oxygen atoms in total. The fourth-order valence-electron chi connectivity index (χ4n) is 1.78. The number of esters is 1. The van der Waals surface area contributed by atoms with Gasteiger partial charge < -0.3 is 9.47 Å². The average Bonchev–Trinajstić information content (AvgIpc) is 2.47. The van der Waals surface area contributed by atoms with E-state index >= 15 is 0 Å². The van der Waals surface area contributed by atoms with Crippen molar-refractivity contribution >= 4 is 5.97 Å². The molecule has 0 saturated heterocycles. The molecule has 0 aromatic heterocycles. The number of carbonyl (C=O) groups is 1. The Morgan fingerprint density at radius 1 is 1.25 bits per heavy atom. The molecular formula is C16H21NO3. The van der Waals surface area contributed by atoms with Crippen molar-refractivity contribution < 1.29 is 14.3 Å². The predicted octanol–water partition coefficient (Wildman–Crippen LogP) is 2.53.